The van der Waals surface area contributed by atoms with Gasteiger partial charge in [0.05, 0.1) is 76.0 Å². The van der Waals surface area contributed by atoms with Gasteiger partial charge in [-0.1, -0.05) is 307 Å². The van der Waals surface area contributed by atoms with E-state index in [1.807, 2.05) is 31.7 Å². The van der Waals surface area contributed by atoms with Gasteiger partial charge in [-0.15, -0.1) is 45.3 Å². The highest BCUT2D eigenvalue weighted by Crippen LogP contribution is 2.58. The van der Waals surface area contributed by atoms with Crippen LogP contribution in [0.3, 0.4) is 0 Å². The molecule has 124 heavy (non-hydrogen) atoms. The van der Waals surface area contributed by atoms with Gasteiger partial charge in [0.2, 0.25) is 0 Å². The van der Waals surface area contributed by atoms with Crippen molar-refractivity contribution in [3.63, 3.8) is 0 Å². The Kier molecular flexibility index (Phi) is 30.2. The SMILES string of the molecule is CCCCCCCCc1ccc(Nc2c3cccc4c(-c5ccc(C6=C7C(=O)N(CCCCCCCC)C(c8cccs8)=C7C(=O)N6CCCCCCCC)s5)cc5c(Nc6ccc(CCCCCCCC)cc6)c6cccc7c(-c8ccc(C9=C%10C(=O)N(CCCCCCCC)C(c%11cccs%11)=C%10C(=O)N9CCCCCCCC)s8)cc2c(c76)c5c43)cc1. The second-order valence-electron chi connectivity index (χ2n) is 35.7. The topological polar surface area (TPSA) is 105 Å². The number of nitrogens with zero attached hydrogens (tertiary/aromatic N) is 4. The van der Waals surface area contributed by atoms with Crippen LogP contribution in [0.4, 0.5) is 22.7 Å². The molecule has 648 valence electrons. The number of benzene rings is 8. The molecule has 0 bridgehead atoms. The number of carbonyl (C=O) groups excluding carboxylic acids is 4. The number of rotatable bonds is 52. The Hall–Kier alpha value is -9.18. The number of thiophene rings is 4. The highest BCUT2D eigenvalue weighted by atomic mass is 32.1. The Morgan fingerprint density at radius 3 is 0.847 bits per heavy atom. The first kappa shape index (κ1) is 88.3. The standard InChI is InChI=1S/C110H130N6O4S4/c1-7-13-19-25-31-37-47-75-55-59-77(60-56-75)111-101-81-51-43-49-79-84(88-64-66-92(124-88)106-100-98(108(118)116(106)70-42-36-30-24-18-12-6)104(90-54-46-72-122-90)114(110(100)120)68-40-34-28-22-16-10-4)74-86-96(93(79)81)95-85(101)73-83(80-50-44-52-82(94(80)95)102(86)112-78-61-57-76(58-62-78)48-38-32-26-20-14-8-2)87-63-65-91(123-87)105-99-97(107(117)115(105)69-41-35-29-23-17-11-5)103(89-53-45-71-121-89)113(109(99)119)67-39-33-27-21-15-9-3/h43-46,49-66,71-74,111-112H,7-42,47-48,67-70H2,1-6H3. The average Bonchev–Trinajstić information content (AvgIpc) is 0.991. The minimum absolute atomic E-state index is 0.0593. The summed E-state index contributed by atoms with van der Waals surface area (Å²) in [5.41, 5.74) is 14.3. The number of amides is 4. The molecule has 4 aromatic heterocycles. The maximum absolute atomic E-state index is 15.8. The van der Waals surface area contributed by atoms with Crippen molar-refractivity contribution in [3.05, 3.63) is 209 Å². The Bertz CT molecular complexity index is 5440. The third-order valence-electron chi connectivity index (χ3n) is 26.8. The summed E-state index contributed by atoms with van der Waals surface area (Å²) >= 11 is 6.64. The van der Waals surface area contributed by atoms with Gasteiger partial charge < -0.3 is 30.2 Å². The molecule has 16 rings (SSSR count). The van der Waals surface area contributed by atoms with E-state index in [9.17, 15) is 0 Å². The normalized spacial score (nSPS) is 14.5. The molecule has 0 atom stereocenters. The molecular weight excluding hydrogens is 1600 g/mol. The first-order valence-electron chi connectivity index (χ1n) is 48.3. The van der Waals surface area contributed by atoms with Crippen LogP contribution in [0.1, 0.15) is 303 Å². The summed E-state index contributed by atoms with van der Waals surface area (Å²) < 4.78 is 0. The van der Waals surface area contributed by atoms with E-state index in [2.05, 4.69) is 196 Å². The summed E-state index contributed by atoms with van der Waals surface area (Å²) in [5, 5.41) is 24.0. The smallest absolute Gasteiger partial charge is 0.261 e. The van der Waals surface area contributed by atoms with Crippen molar-refractivity contribution in [2.24, 2.45) is 0 Å². The first-order valence-corrected chi connectivity index (χ1v) is 51.7. The van der Waals surface area contributed by atoms with E-state index < -0.39 is 0 Å². The largest absolute Gasteiger partial charge is 0.355 e. The summed E-state index contributed by atoms with van der Waals surface area (Å²) in [6, 6.07) is 54.5. The molecule has 0 saturated carbocycles. The Balaban J connectivity index is 0.884. The second-order valence-corrected chi connectivity index (χ2v) is 39.7. The molecule has 0 aliphatic carbocycles. The van der Waals surface area contributed by atoms with Crippen LogP contribution in [-0.4, -0.2) is 69.4 Å². The molecular formula is C110H130N6O4S4. The molecule has 0 radical (unpaired) electrons. The first-order chi connectivity index (χ1) is 61.1. The van der Waals surface area contributed by atoms with Gasteiger partial charge in [0.15, 0.2) is 0 Å². The van der Waals surface area contributed by atoms with Crippen molar-refractivity contribution in [1.82, 2.24) is 19.6 Å². The minimum Gasteiger partial charge on any atom is -0.355 e. The highest BCUT2D eigenvalue weighted by Gasteiger charge is 2.51. The van der Waals surface area contributed by atoms with Gasteiger partial charge in [-0.05, 0) is 157 Å². The van der Waals surface area contributed by atoms with E-state index in [1.54, 1.807) is 45.3 Å². The van der Waals surface area contributed by atoms with E-state index in [-0.39, 0.29) is 23.6 Å². The van der Waals surface area contributed by atoms with Gasteiger partial charge >= 0.3 is 0 Å². The number of fused-ring (bicyclic) bond motifs is 2. The van der Waals surface area contributed by atoms with Gasteiger partial charge in [-0.25, -0.2) is 0 Å². The Labute approximate surface area is 754 Å². The van der Waals surface area contributed by atoms with E-state index in [1.165, 1.54) is 187 Å². The van der Waals surface area contributed by atoms with Gasteiger partial charge in [0, 0.05) is 102 Å². The number of aryl methyl sites for hydroxylation is 2. The fourth-order valence-corrected chi connectivity index (χ4v) is 23.9. The predicted molar refractivity (Wildman–Crippen MR) is 533 cm³/mol. The molecule has 14 heteroatoms. The van der Waals surface area contributed by atoms with E-state index >= 15 is 19.2 Å². The minimum atomic E-state index is -0.0593. The Morgan fingerprint density at radius 2 is 0.540 bits per heavy atom. The molecule has 0 saturated heterocycles. The number of hydrogen-bond acceptors (Lipinski definition) is 10. The van der Waals surface area contributed by atoms with Gasteiger partial charge in [-0.3, -0.25) is 19.2 Å². The maximum atomic E-state index is 15.8. The zero-order valence-electron chi connectivity index (χ0n) is 74.8. The molecule has 8 aromatic carbocycles. The molecule has 4 amide bonds. The van der Waals surface area contributed by atoms with Crippen molar-refractivity contribution < 1.29 is 19.2 Å². The molecule has 0 unspecified atom stereocenters. The highest BCUT2D eigenvalue weighted by molar-refractivity contribution is 7.17. The lowest BCUT2D eigenvalue weighted by Crippen LogP contribution is -2.30. The number of hydrogen-bond donors (Lipinski definition) is 2. The molecule has 4 aliphatic rings. The summed E-state index contributed by atoms with van der Waals surface area (Å²) in [6.45, 7) is 15.8. The van der Waals surface area contributed by atoms with Crippen LogP contribution in [0, 0.1) is 0 Å². The van der Waals surface area contributed by atoms with Crippen LogP contribution < -0.4 is 10.6 Å². The fourth-order valence-electron chi connectivity index (χ4n) is 20.2. The predicted octanol–water partition coefficient (Wildman–Crippen LogP) is 32.3. The molecule has 0 fully saturated rings. The lowest BCUT2D eigenvalue weighted by Gasteiger charge is -2.26. The molecule has 0 spiro atoms. The molecule has 2 N–H and O–H groups in total. The van der Waals surface area contributed by atoms with Crippen LogP contribution in [-0.2, 0) is 32.0 Å². The number of unbranched alkanes of at least 4 members (excludes halogenated alkanes) is 30. The lowest BCUT2D eigenvalue weighted by atomic mass is 9.82. The van der Waals surface area contributed by atoms with Gasteiger partial charge in [0.25, 0.3) is 23.6 Å². The van der Waals surface area contributed by atoms with Crippen molar-refractivity contribution in [2.45, 2.75) is 286 Å². The molecule has 4 aliphatic heterocycles. The van der Waals surface area contributed by atoms with Crippen LogP contribution >= 0.6 is 45.3 Å². The van der Waals surface area contributed by atoms with Crippen LogP contribution in [0.15, 0.2) is 179 Å². The van der Waals surface area contributed by atoms with Crippen LogP contribution in [0.5, 0.6) is 0 Å². The van der Waals surface area contributed by atoms with Crippen molar-refractivity contribution >= 4 is 168 Å². The van der Waals surface area contributed by atoms with Gasteiger partial charge in [-0.2, -0.15) is 0 Å². The molecule has 8 heterocycles. The number of anilines is 4. The van der Waals surface area contributed by atoms with E-state index in [4.69, 9.17) is 0 Å². The van der Waals surface area contributed by atoms with Gasteiger partial charge in [0.1, 0.15) is 0 Å². The van der Waals surface area contributed by atoms with Crippen molar-refractivity contribution in [3.8, 4) is 20.9 Å². The quantitative estimate of drug-likeness (QED) is 0.0224. The van der Waals surface area contributed by atoms with Crippen LogP contribution in [0.2, 0.25) is 0 Å². The summed E-state index contributed by atoms with van der Waals surface area (Å²) in [4.78, 5) is 77.0. The van der Waals surface area contributed by atoms with Crippen molar-refractivity contribution in [2.75, 3.05) is 36.8 Å². The maximum Gasteiger partial charge on any atom is 0.261 e. The third-order valence-corrected chi connectivity index (χ3v) is 30.8. The second kappa shape index (κ2) is 42.4. The summed E-state index contributed by atoms with van der Waals surface area (Å²) in [6.07, 6.45) is 43.4. The zero-order chi connectivity index (χ0) is 85.4. The third kappa shape index (κ3) is 18.7. The monoisotopic (exact) mass is 1730 g/mol. The van der Waals surface area contributed by atoms with E-state index in [0.29, 0.717) is 48.5 Å². The summed E-state index contributed by atoms with van der Waals surface area (Å²) in [7, 11) is 0. The lowest BCUT2D eigenvalue weighted by molar-refractivity contribution is -0.124. The average molecular weight is 1730 g/mol. The van der Waals surface area contributed by atoms with E-state index in [0.717, 1.165) is 208 Å². The molecule has 12 aromatic rings. The summed E-state index contributed by atoms with van der Waals surface area (Å²) in [5.74, 6) is -0.237. The molecule has 10 nitrogen and oxygen atoms in total. The zero-order valence-corrected chi connectivity index (χ0v) is 78.0. The fraction of sp³-hybridized carbons (Fsp3) is 0.436. The number of nitrogens with one attached hydrogen (secondary N) is 2. The Morgan fingerprint density at radius 1 is 0.258 bits per heavy atom. The van der Waals surface area contributed by atoms with Crippen molar-refractivity contribution in [1.29, 1.82) is 0 Å². The number of carbonyl (C=O) groups is 4. The van der Waals surface area contributed by atoms with Crippen LogP contribution in [0.25, 0.3) is 97.5 Å².